The average Bonchev–Trinajstić information content (AvgIpc) is 3.63. The molecule has 11 nitrogen and oxygen atoms in total. The fourth-order valence-corrected chi connectivity index (χ4v) is 7.15. The number of aliphatic hydroxyl groups is 1. The number of rotatable bonds is 14. The molecule has 5 N–H and O–H groups in total. The van der Waals surface area contributed by atoms with Crippen LogP contribution < -0.4 is 10.6 Å². The fraction of sp³-hybridized carbons (Fsp3) is 0.417. The smallest absolute Gasteiger partial charge is 0.404 e. The van der Waals surface area contributed by atoms with Crippen LogP contribution in [-0.4, -0.2) is 74.4 Å². The summed E-state index contributed by atoms with van der Waals surface area (Å²) in [7, 11) is 1.89. The number of carboxylic acid groups (broad SMARTS) is 1. The Balaban J connectivity index is 1.48. The van der Waals surface area contributed by atoms with Crippen molar-refractivity contribution in [2.24, 2.45) is 5.92 Å². The van der Waals surface area contributed by atoms with Gasteiger partial charge >= 0.3 is 6.09 Å². The Morgan fingerprint density at radius 1 is 1.10 bits per heavy atom. The number of amides is 2. The highest BCUT2D eigenvalue weighted by Gasteiger charge is 2.43. The van der Waals surface area contributed by atoms with Crippen molar-refractivity contribution in [1.82, 2.24) is 36.2 Å². The fourth-order valence-electron chi connectivity index (χ4n) is 6.87. The highest BCUT2D eigenvalue weighted by molar-refractivity contribution is 6.33. The van der Waals surface area contributed by atoms with E-state index < -0.39 is 11.7 Å². The first-order valence-electron chi connectivity index (χ1n) is 16.6. The number of nitrogens with one attached hydrogen (secondary N) is 3. The summed E-state index contributed by atoms with van der Waals surface area (Å²) in [5.41, 5.74) is 4.71. The van der Waals surface area contributed by atoms with Crippen molar-refractivity contribution in [3.63, 3.8) is 0 Å². The summed E-state index contributed by atoms with van der Waals surface area (Å²) in [4.78, 5) is 27.4. The van der Waals surface area contributed by atoms with E-state index in [1.165, 1.54) is 0 Å². The Morgan fingerprint density at radius 2 is 1.94 bits per heavy atom. The van der Waals surface area contributed by atoms with E-state index in [9.17, 15) is 19.8 Å². The second kappa shape index (κ2) is 16.2. The third kappa shape index (κ3) is 8.21. The van der Waals surface area contributed by atoms with Crippen LogP contribution in [0.5, 0.6) is 0 Å². The Kier molecular flexibility index (Phi) is 11.8. The molecule has 254 valence electrons. The maximum absolute atomic E-state index is 14.3. The van der Waals surface area contributed by atoms with Gasteiger partial charge in [0.2, 0.25) is 0 Å². The third-order valence-electron chi connectivity index (χ3n) is 9.29. The minimum Gasteiger partial charge on any atom is -0.465 e. The van der Waals surface area contributed by atoms with E-state index in [4.69, 9.17) is 11.6 Å². The summed E-state index contributed by atoms with van der Waals surface area (Å²) in [5.74, 6) is 0.170. The molecule has 3 aromatic carbocycles. The van der Waals surface area contributed by atoms with Crippen LogP contribution >= 0.6 is 11.6 Å². The Labute approximate surface area is 286 Å². The lowest BCUT2D eigenvalue weighted by molar-refractivity contribution is -0.0563. The molecular weight excluding hydrogens is 630 g/mol. The lowest BCUT2D eigenvalue weighted by atomic mass is 9.72. The van der Waals surface area contributed by atoms with Gasteiger partial charge in [0.1, 0.15) is 0 Å². The van der Waals surface area contributed by atoms with E-state index in [-0.39, 0.29) is 24.8 Å². The number of hydrogen-bond acceptors (Lipinski definition) is 7. The first-order chi connectivity index (χ1) is 23.2. The number of benzene rings is 3. The predicted molar refractivity (Wildman–Crippen MR) is 185 cm³/mol. The Morgan fingerprint density at radius 3 is 2.69 bits per heavy atom. The molecule has 2 atom stereocenters. The molecule has 48 heavy (non-hydrogen) atoms. The van der Waals surface area contributed by atoms with Crippen molar-refractivity contribution in [1.29, 1.82) is 0 Å². The number of nitrogens with zero attached hydrogens (tertiary/aromatic N) is 4. The summed E-state index contributed by atoms with van der Waals surface area (Å²) in [6, 6.07) is 19.7. The zero-order valence-electron chi connectivity index (χ0n) is 27.5. The summed E-state index contributed by atoms with van der Waals surface area (Å²) in [5, 5.41) is 42.5. The summed E-state index contributed by atoms with van der Waals surface area (Å²) in [6.07, 6.45) is 2.94. The molecule has 2 unspecified atom stereocenters. The highest BCUT2D eigenvalue weighted by Crippen LogP contribution is 2.46. The standard InChI is InChI=1S/C36H44ClN7O4/c1-3-24-8-4-9-27(20-24)33-30(11-5-12-31(33)37)36(48,17-7-18-39-35(46)47)28-10-6-19-44(23-28)34(45)29-15-13-25(22-38-2)21-26(29)14-16-32-40-42-43-41-32/h4-5,8-9,11-13,15,20-21,28,38-39,48H,3,6-7,10,14,16-19,22-23H2,1-2H3,(H,46,47)(H,40,41,42,43). The van der Waals surface area contributed by atoms with Gasteiger partial charge in [0.15, 0.2) is 5.82 Å². The normalized spacial score (nSPS) is 16.0. The molecule has 0 bridgehead atoms. The molecule has 0 spiro atoms. The van der Waals surface area contributed by atoms with Gasteiger partial charge in [-0.3, -0.25) is 4.79 Å². The largest absolute Gasteiger partial charge is 0.465 e. The van der Waals surface area contributed by atoms with Crippen LogP contribution in [0, 0.1) is 5.92 Å². The molecule has 0 aliphatic carbocycles. The average molecular weight is 674 g/mol. The monoisotopic (exact) mass is 673 g/mol. The van der Waals surface area contributed by atoms with Crippen molar-refractivity contribution in [2.75, 3.05) is 26.7 Å². The van der Waals surface area contributed by atoms with E-state index >= 15 is 0 Å². The van der Waals surface area contributed by atoms with E-state index in [1.54, 1.807) is 0 Å². The lowest BCUT2D eigenvalue weighted by Crippen LogP contribution is -2.48. The van der Waals surface area contributed by atoms with Gasteiger partial charge in [-0.15, -0.1) is 10.2 Å². The van der Waals surface area contributed by atoms with Crippen molar-refractivity contribution in [2.45, 2.75) is 64.0 Å². The molecule has 5 rings (SSSR count). The minimum absolute atomic E-state index is 0.0873. The first-order valence-corrected chi connectivity index (χ1v) is 17.0. The van der Waals surface area contributed by atoms with Gasteiger partial charge in [0, 0.05) is 54.7 Å². The maximum atomic E-state index is 14.3. The SMILES string of the molecule is CCc1cccc(-c2c(Cl)cccc2C(O)(CCCNC(=O)O)C2CCCN(C(=O)c3ccc(CNC)cc3CCc3nn[nH]n3)C2)c1. The topological polar surface area (TPSA) is 156 Å². The van der Waals surface area contributed by atoms with Gasteiger partial charge in [-0.1, -0.05) is 72.3 Å². The lowest BCUT2D eigenvalue weighted by Gasteiger charge is -2.44. The molecule has 2 heterocycles. The molecule has 4 aromatic rings. The second-order valence-corrected chi connectivity index (χ2v) is 12.8. The molecule has 1 aliphatic rings. The van der Waals surface area contributed by atoms with E-state index in [0.29, 0.717) is 73.7 Å². The number of aromatic amines is 1. The quantitative estimate of drug-likeness (QED) is 0.112. The minimum atomic E-state index is -1.39. The number of carbonyl (C=O) groups is 2. The van der Waals surface area contributed by atoms with Crippen molar-refractivity contribution >= 4 is 23.6 Å². The van der Waals surface area contributed by atoms with E-state index in [1.807, 2.05) is 54.4 Å². The van der Waals surface area contributed by atoms with E-state index in [0.717, 1.165) is 34.2 Å². The van der Waals surface area contributed by atoms with Gasteiger partial charge in [-0.2, -0.15) is 5.21 Å². The first kappa shape index (κ1) is 35.0. The zero-order valence-corrected chi connectivity index (χ0v) is 28.3. The second-order valence-electron chi connectivity index (χ2n) is 12.4. The Hall–Kier alpha value is -4.32. The van der Waals surface area contributed by atoms with Gasteiger partial charge in [0.05, 0.1) is 5.60 Å². The van der Waals surface area contributed by atoms with Crippen LogP contribution in [0.1, 0.15) is 71.0 Å². The van der Waals surface area contributed by atoms with Gasteiger partial charge < -0.3 is 25.7 Å². The molecule has 1 saturated heterocycles. The number of tetrazole rings is 1. The zero-order chi connectivity index (χ0) is 34.1. The molecule has 0 radical (unpaired) electrons. The molecule has 1 fully saturated rings. The van der Waals surface area contributed by atoms with Crippen LogP contribution in [0.4, 0.5) is 4.79 Å². The molecule has 1 aliphatic heterocycles. The molecule has 2 amide bonds. The van der Waals surface area contributed by atoms with Gasteiger partial charge in [-0.05, 0) is 85.5 Å². The number of halogens is 1. The summed E-state index contributed by atoms with van der Waals surface area (Å²) >= 11 is 6.90. The number of likely N-dealkylation sites (tertiary alicyclic amines) is 1. The number of aromatic nitrogens is 4. The van der Waals surface area contributed by atoms with Crippen molar-refractivity contribution < 1.29 is 19.8 Å². The number of carbonyl (C=O) groups excluding carboxylic acids is 1. The number of hydrogen-bond donors (Lipinski definition) is 5. The van der Waals surface area contributed by atoms with Crippen LogP contribution in [0.3, 0.4) is 0 Å². The predicted octanol–water partition coefficient (Wildman–Crippen LogP) is 5.37. The third-order valence-corrected chi connectivity index (χ3v) is 9.60. The summed E-state index contributed by atoms with van der Waals surface area (Å²) < 4.78 is 0. The van der Waals surface area contributed by atoms with Crippen LogP contribution in [0.15, 0.2) is 60.7 Å². The Bertz CT molecular complexity index is 1700. The van der Waals surface area contributed by atoms with Crippen LogP contribution in [0.25, 0.3) is 11.1 Å². The number of aryl methyl sites for hydroxylation is 3. The molecule has 12 heteroatoms. The van der Waals surface area contributed by atoms with Crippen molar-refractivity contribution in [3.05, 3.63) is 99.3 Å². The molecule has 1 aromatic heterocycles. The van der Waals surface area contributed by atoms with Crippen LogP contribution in [-0.2, 0) is 31.4 Å². The molecule has 0 saturated carbocycles. The molecular formula is C36H44ClN7O4. The van der Waals surface area contributed by atoms with Crippen molar-refractivity contribution in [3.8, 4) is 11.1 Å². The number of piperidine rings is 1. The number of H-pyrrole nitrogens is 1. The summed E-state index contributed by atoms with van der Waals surface area (Å²) in [6.45, 7) is 3.86. The van der Waals surface area contributed by atoms with Crippen LogP contribution in [0.2, 0.25) is 5.02 Å². The van der Waals surface area contributed by atoms with Gasteiger partial charge in [0.25, 0.3) is 5.91 Å². The van der Waals surface area contributed by atoms with E-state index in [2.05, 4.69) is 56.4 Å². The maximum Gasteiger partial charge on any atom is 0.404 e. The highest BCUT2D eigenvalue weighted by atomic mass is 35.5. The van der Waals surface area contributed by atoms with Gasteiger partial charge in [-0.25, -0.2) is 4.79 Å².